The minimum absolute atomic E-state index is 0.585. The first-order chi connectivity index (χ1) is 9.38. The van der Waals surface area contributed by atoms with Crippen LogP contribution >= 0.6 is 0 Å². The van der Waals surface area contributed by atoms with Crippen LogP contribution in [0, 0.1) is 0 Å². The molecule has 1 aromatic rings. The number of hydrogen-bond acceptors (Lipinski definition) is 3. The van der Waals surface area contributed by atoms with Crippen molar-refractivity contribution in [2.24, 2.45) is 0 Å². The molecular formula is C16H25NO2. The van der Waals surface area contributed by atoms with E-state index in [2.05, 4.69) is 24.9 Å². The summed E-state index contributed by atoms with van der Waals surface area (Å²) in [7, 11) is 0. The van der Waals surface area contributed by atoms with Crippen LogP contribution in [0.1, 0.15) is 25.3 Å². The molecule has 0 aromatic heterocycles. The van der Waals surface area contributed by atoms with Crippen molar-refractivity contribution < 1.29 is 9.47 Å². The highest BCUT2D eigenvalue weighted by Gasteiger charge is 2.02. The summed E-state index contributed by atoms with van der Waals surface area (Å²) < 4.78 is 11.2. The zero-order valence-corrected chi connectivity index (χ0v) is 11.9. The van der Waals surface area contributed by atoms with E-state index in [0.29, 0.717) is 19.8 Å². The fourth-order valence-corrected chi connectivity index (χ4v) is 1.67. The third-order valence-electron chi connectivity index (χ3n) is 2.67. The van der Waals surface area contributed by atoms with Gasteiger partial charge in [-0.2, -0.15) is 0 Å². The molecule has 3 heteroatoms. The zero-order valence-electron chi connectivity index (χ0n) is 11.9. The lowest BCUT2D eigenvalue weighted by Gasteiger charge is -2.12. The van der Waals surface area contributed by atoms with Crippen molar-refractivity contribution in [2.45, 2.75) is 26.3 Å². The van der Waals surface area contributed by atoms with Gasteiger partial charge in [0.05, 0.1) is 13.2 Å². The Morgan fingerprint density at radius 1 is 1.21 bits per heavy atom. The maximum absolute atomic E-state index is 5.76. The molecule has 0 aliphatic rings. The molecule has 0 saturated heterocycles. The van der Waals surface area contributed by atoms with Gasteiger partial charge in [0.25, 0.3) is 0 Å². The summed E-state index contributed by atoms with van der Waals surface area (Å²) in [6.45, 7) is 9.61. The van der Waals surface area contributed by atoms with Crippen LogP contribution in [-0.4, -0.2) is 26.4 Å². The summed E-state index contributed by atoms with van der Waals surface area (Å²) >= 11 is 0. The third-order valence-corrected chi connectivity index (χ3v) is 2.67. The van der Waals surface area contributed by atoms with Crippen molar-refractivity contribution in [1.29, 1.82) is 0 Å². The minimum atomic E-state index is 0.585. The van der Waals surface area contributed by atoms with Gasteiger partial charge in [-0.1, -0.05) is 31.2 Å². The highest BCUT2D eigenvalue weighted by Crippen LogP contribution is 2.17. The van der Waals surface area contributed by atoms with E-state index in [1.807, 2.05) is 24.3 Å². The molecule has 0 aliphatic carbocycles. The Morgan fingerprint density at radius 3 is 2.84 bits per heavy atom. The lowest BCUT2D eigenvalue weighted by Crippen LogP contribution is -2.15. The Hall–Kier alpha value is -1.32. The van der Waals surface area contributed by atoms with Crippen molar-refractivity contribution in [1.82, 2.24) is 5.32 Å². The fourth-order valence-electron chi connectivity index (χ4n) is 1.67. The second-order valence-corrected chi connectivity index (χ2v) is 4.32. The van der Waals surface area contributed by atoms with Crippen molar-refractivity contribution >= 4 is 0 Å². The monoisotopic (exact) mass is 263 g/mol. The van der Waals surface area contributed by atoms with Gasteiger partial charge in [0, 0.05) is 12.1 Å². The van der Waals surface area contributed by atoms with Gasteiger partial charge < -0.3 is 14.8 Å². The summed E-state index contributed by atoms with van der Waals surface area (Å²) in [6, 6.07) is 8.14. The first kappa shape index (κ1) is 15.7. The topological polar surface area (TPSA) is 30.5 Å². The Labute approximate surface area is 116 Å². The predicted octanol–water partition coefficient (Wildman–Crippen LogP) is 3.16. The normalized spacial score (nSPS) is 10.4. The smallest absolute Gasteiger partial charge is 0.123 e. The van der Waals surface area contributed by atoms with Crippen LogP contribution in [0.25, 0.3) is 0 Å². The van der Waals surface area contributed by atoms with E-state index >= 15 is 0 Å². The van der Waals surface area contributed by atoms with Gasteiger partial charge in [-0.25, -0.2) is 0 Å². The van der Waals surface area contributed by atoms with Gasteiger partial charge in [0.15, 0.2) is 0 Å². The van der Waals surface area contributed by atoms with Crippen LogP contribution in [0.5, 0.6) is 5.75 Å². The number of benzene rings is 1. The highest BCUT2D eigenvalue weighted by atomic mass is 16.5. The summed E-state index contributed by atoms with van der Waals surface area (Å²) in [4.78, 5) is 0. The Bertz CT molecular complexity index is 352. The molecule has 1 rings (SSSR count). The maximum Gasteiger partial charge on any atom is 0.123 e. The minimum Gasteiger partial charge on any atom is -0.491 e. The quantitative estimate of drug-likeness (QED) is 0.491. The van der Waals surface area contributed by atoms with Gasteiger partial charge in [0.2, 0.25) is 0 Å². The Balaban J connectivity index is 2.29. The van der Waals surface area contributed by atoms with Crippen LogP contribution in [-0.2, 0) is 11.3 Å². The molecule has 1 aromatic carbocycles. The number of ether oxygens (including phenoxy) is 2. The zero-order chi connectivity index (χ0) is 13.8. The second-order valence-electron chi connectivity index (χ2n) is 4.32. The number of nitrogens with one attached hydrogen (secondary N) is 1. The van der Waals surface area contributed by atoms with E-state index in [-0.39, 0.29) is 0 Å². The van der Waals surface area contributed by atoms with Gasteiger partial charge in [-0.3, -0.25) is 0 Å². The van der Waals surface area contributed by atoms with Crippen LogP contribution < -0.4 is 10.1 Å². The summed E-state index contributed by atoms with van der Waals surface area (Å²) in [5, 5.41) is 3.39. The van der Waals surface area contributed by atoms with E-state index in [9.17, 15) is 0 Å². The molecule has 3 nitrogen and oxygen atoms in total. The molecule has 0 fully saturated rings. The third kappa shape index (κ3) is 6.99. The van der Waals surface area contributed by atoms with Crippen molar-refractivity contribution in [2.75, 3.05) is 26.4 Å². The molecule has 106 valence electrons. The average molecular weight is 263 g/mol. The SMILES string of the molecule is C=CCCOCCOc1ccccc1CNCCC. The summed E-state index contributed by atoms with van der Waals surface area (Å²) in [5.74, 6) is 0.943. The molecule has 0 amide bonds. The molecule has 0 atom stereocenters. The molecular weight excluding hydrogens is 238 g/mol. The number of hydrogen-bond donors (Lipinski definition) is 1. The van der Waals surface area contributed by atoms with E-state index in [1.54, 1.807) is 0 Å². The lowest BCUT2D eigenvalue weighted by molar-refractivity contribution is 0.103. The first-order valence-corrected chi connectivity index (χ1v) is 6.98. The van der Waals surface area contributed by atoms with E-state index in [0.717, 1.165) is 31.7 Å². The van der Waals surface area contributed by atoms with Crippen LogP contribution in [0.3, 0.4) is 0 Å². The largest absolute Gasteiger partial charge is 0.491 e. The summed E-state index contributed by atoms with van der Waals surface area (Å²) in [5.41, 5.74) is 1.20. The van der Waals surface area contributed by atoms with Gasteiger partial charge >= 0.3 is 0 Å². The standard InChI is InChI=1S/C16H25NO2/c1-3-5-11-18-12-13-19-16-9-7-6-8-15(16)14-17-10-4-2/h3,6-9,17H,1,4-5,10-14H2,2H3. The second kappa shape index (κ2) is 10.6. The van der Waals surface area contributed by atoms with E-state index in [1.165, 1.54) is 5.56 Å². The molecule has 0 bridgehead atoms. The number of rotatable bonds is 11. The molecule has 0 spiro atoms. The fraction of sp³-hybridized carbons (Fsp3) is 0.500. The van der Waals surface area contributed by atoms with E-state index in [4.69, 9.17) is 9.47 Å². The van der Waals surface area contributed by atoms with Crippen molar-refractivity contribution in [3.05, 3.63) is 42.5 Å². The van der Waals surface area contributed by atoms with Crippen LogP contribution in [0.4, 0.5) is 0 Å². The maximum atomic E-state index is 5.76. The lowest BCUT2D eigenvalue weighted by atomic mass is 10.2. The summed E-state index contributed by atoms with van der Waals surface area (Å²) in [6.07, 6.45) is 3.88. The number of para-hydroxylation sites is 1. The molecule has 0 radical (unpaired) electrons. The molecule has 19 heavy (non-hydrogen) atoms. The van der Waals surface area contributed by atoms with Crippen LogP contribution in [0.15, 0.2) is 36.9 Å². The molecule has 1 N–H and O–H groups in total. The van der Waals surface area contributed by atoms with Crippen LogP contribution in [0.2, 0.25) is 0 Å². The van der Waals surface area contributed by atoms with Crippen molar-refractivity contribution in [3.63, 3.8) is 0 Å². The molecule has 0 unspecified atom stereocenters. The molecule has 0 aliphatic heterocycles. The molecule has 0 heterocycles. The predicted molar refractivity (Wildman–Crippen MR) is 79.6 cm³/mol. The average Bonchev–Trinajstić information content (AvgIpc) is 2.44. The van der Waals surface area contributed by atoms with Crippen molar-refractivity contribution in [3.8, 4) is 5.75 Å². The van der Waals surface area contributed by atoms with Gasteiger partial charge in [0.1, 0.15) is 12.4 Å². The highest BCUT2D eigenvalue weighted by molar-refractivity contribution is 5.33. The van der Waals surface area contributed by atoms with Gasteiger partial charge in [-0.15, -0.1) is 6.58 Å². The van der Waals surface area contributed by atoms with E-state index < -0.39 is 0 Å². The Kier molecular flexibility index (Phi) is 8.77. The first-order valence-electron chi connectivity index (χ1n) is 6.98. The van der Waals surface area contributed by atoms with Gasteiger partial charge in [-0.05, 0) is 25.5 Å². The molecule has 0 saturated carbocycles. The Morgan fingerprint density at radius 2 is 2.05 bits per heavy atom.